The summed E-state index contributed by atoms with van der Waals surface area (Å²) in [7, 11) is 0. The monoisotopic (exact) mass is 224 g/mol. The molecule has 0 aliphatic rings. The second-order valence-corrected chi connectivity index (χ2v) is 4.65. The van der Waals surface area contributed by atoms with E-state index >= 15 is 0 Å². The highest BCUT2D eigenvalue weighted by atomic mass is 19.1. The maximum atomic E-state index is 13.4. The van der Waals surface area contributed by atoms with E-state index < -0.39 is 17.3 Å². The van der Waals surface area contributed by atoms with Gasteiger partial charge >= 0.3 is 0 Å². The van der Waals surface area contributed by atoms with Crippen LogP contribution >= 0.6 is 0 Å². The van der Waals surface area contributed by atoms with E-state index in [-0.39, 0.29) is 5.56 Å². The van der Waals surface area contributed by atoms with Gasteiger partial charge in [-0.1, -0.05) is 6.07 Å². The number of halogens is 1. The number of carbonyl (C=O) groups excluding carboxylic acids is 1. The molecular formula is C12H17FN2O. The highest BCUT2D eigenvalue weighted by molar-refractivity contribution is 5.94. The molecule has 4 heteroatoms. The van der Waals surface area contributed by atoms with Gasteiger partial charge in [-0.15, -0.1) is 0 Å². The molecule has 16 heavy (non-hydrogen) atoms. The van der Waals surface area contributed by atoms with E-state index in [0.717, 1.165) is 5.56 Å². The lowest BCUT2D eigenvalue weighted by Gasteiger charge is -2.19. The van der Waals surface area contributed by atoms with Gasteiger partial charge in [0.2, 0.25) is 0 Å². The number of rotatable bonds is 3. The molecule has 1 amide bonds. The molecule has 0 unspecified atom stereocenters. The topological polar surface area (TPSA) is 55.1 Å². The summed E-state index contributed by atoms with van der Waals surface area (Å²) in [5, 5.41) is 2.60. The van der Waals surface area contributed by atoms with E-state index in [2.05, 4.69) is 5.32 Å². The van der Waals surface area contributed by atoms with Crippen LogP contribution in [0.3, 0.4) is 0 Å². The van der Waals surface area contributed by atoms with E-state index in [4.69, 9.17) is 5.73 Å². The Balaban J connectivity index is 2.74. The first-order chi connectivity index (χ1) is 7.29. The Kier molecular flexibility index (Phi) is 3.65. The zero-order chi connectivity index (χ0) is 12.3. The SMILES string of the molecule is Cc1ccc(C(=O)NCC(C)(C)N)c(F)c1. The molecule has 0 fully saturated rings. The Labute approximate surface area is 94.8 Å². The Morgan fingerprint density at radius 3 is 2.62 bits per heavy atom. The summed E-state index contributed by atoms with van der Waals surface area (Å²) in [5.74, 6) is -0.941. The molecule has 1 aromatic rings. The Morgan fingerprint density at radius 1 is 1.50 bits per heavy atom. The predicted octanol–water partition coefficient (Wildman–Crippen LogP) is 1.60. The smallest absolute Gasteiger partial charge is 0.254 e. The average molecular weight is 224 g/mol. The summed E-state index contributed by atoms with van der Waals surface area (Å²) >= 11 is 0. The maximum Gasteiger partial charge on any atom is 0.254 e. The van der Waals surface area contributed by atoms with Crippen LogP contribution in [0, 0.1) is 12.7 Å². The van der Waals surface area contributed by atoms with Crippen molar-refractivity contribution in [1.82, 2.24) is 5.32 Å². The highest BCUT2D eigenvalue weighted by Crippen LogP contribution is 2.09. The molecule has 3 N–H and O–H groups in total. The minimum atomic E-state index is -0.507. The fourth-order valence-electron chi connectivity index (χ4n) is 1.21. The number of amides is 1. The molecule has 0 saturated heterocycles. The van der Waals surface area contributed by atoms with E-state index in [1.165, 1.54) is 12.1 Å². The zero-order valence-corrected chi connectivity index (χ0v) is 9.80. The number of aryl methyl sites for hydroxylation is 1. The molecular weight excluding hydrogens is 207 g/mol. The van der Waals surface area contributed by atoms with Crippen molar-refractivity contribution in [2.45, 2.75) is 26.3 Å². The van der Waals surface area contributed by atoms with Gasteiger partial charge < -0.3 is 11.1 Å². The van der Waals surface area contributed by atoms with Crippen LogP contribution in [0.5, 0.6) is 0 Å². The predicted molar refractivity (Wildman–Crippen MR) is 61.7 cm³/mol. The molecule has 3 nitrogen and oxygen atoms in total. The van der Waals surface area contributed by atoms with Crippen LogP contribution in [-0.2, 0) is 0 Å². The first kappa shape index (κ1) is 12.6. The molecule has 0 heterocycles. The lowest BCUT2D eigenvalue weighted by molar-refractivity contribution is 0.0942. The summed E-state index contributed by atoms with van der Waals surface area (Å²) in [6.07, 6.45) is 0. The molecule has 0 bridgehead atoms. The molecule has 0 saturated carbocycles. The van der Waals surface area contributed by atoms with E-state index in [9.17, 15) is 9.18 Å². The Morgan fingerprint density at radius 2 is 2.12 bits per heavy atom. The third-order valence-electron chi connectivity index (χ3n) is 2.07. The van der Waals surface area contributed by atoms with E-state index in [0.29, 0.717) is 6.54 Å². The molecule has 88 valence electrons. The zero-order valence-electron chi connectivity index (χ0n) is 9.80. The molecule has 0 spiro atoms. The summed E-state index contributed by atoms with van der Waals surface area (Å²) in [4.78, 5) is 11.6. The number of carbonyl (C=O) groups is 1. The molecule has 0 aromatic heterocycles. The maximum absolute atomic E-state index is 13.4. The number of hydrogen-bond donors (Lipinski definition) is 2. The van der Waals surface area contributed by atoms with Crippen molar-refractivity contribution in [1.29, 1.82) is 0 Å². The minimum Gasteiger partial charge on any atom is -0.350 e. The van der Waals surface area contributed by atoms with Crippen molar-refractivity contribution in [3.8, 4) is 0 Å². The average Bonchev–Trinajstić information content (AvgIpc) is 2.13. The quantitative estimate of drug-likeness (QED) is 0.819. The van der Waals surface area contributed by atoms with Crippen molar-refractivity contribution < 1.29 is 9.18 Å². The molecule has 1 aromatic carbocycles. The van der Waals surface area contributed by atoms with Crippen LogP contribution < -0.4 is 11.1 Å². The van der Waals surface area contributed by atoms with Gasteiger partial charge in [0.15, 0.2) is 0 Å². The molecule has 1 rings (SSSR count). The van der Waals surface area contributed by atoms with Crippen LogP contribution in [0.4, 0.5) is 4.39 Å². The second kappa shape index (κ2) is 4.61. The first-order valence-electron chi connectivity index (χ1n) is 5.13. The van der Waals surface area contributed by atoms with Gasteiger partial charge in [-0.3, -0.25) is 4.79 Å². The highest BCUT2D eigenvalue weighted by Gasteiger charge is 2.15. The number of hydrogen-bond acceptors (Lipinski definition) is 2. The van der Waals surface area contributed by atoms with Gasteiger partial charge in [-0.05, 0) is 38.5 Å². The third kappa shape index (κ3) is 3.62. The van der Waals surface area contributed by atoms with E-state index in [1.54, 1.807) is 26.8 Å². The van der Waals surface area contributed by atoms with Gasteiger partial charge in [0, 0.05) is 12.1 Å². The normalized spacial score (nSPS) is 11.3. The van der Waals surface area contributed by atoms with Gasteiger partial charge in [-0.2, -0.15) is 0 Å². The first-order valence-corrected chi connectivity index (χ1v) is 5.13. The van der Waals surface area contributed by atoms with Crippen LogP contribution in [0.25, 0.3) is 0 Å². The summed E-state index contributed by atoms with van der Waals surface area (Å²) in [6, 6.07) is 4.51. The third-order valence-corrected chi connectivity index (χ3v) is 2.07. The number of nitrogens with one attached hydrogen (secondary N) is 1. The van der Waals surface area contributed by atoms with Crippen LogP contribution in [0.1, 0.15) is 29.8 Å². The lowest BCUT2D eigenvalue weighted by atomic mass is 10.1. The summed E-state index contributed by atoms with van der Waals surface area (Å²) in [5.41, 5.74) is 6.05. The van der Waals surface area contributed by atoms with Crippen LogP contribution in [0.15, 0.2) is 18.2 Å². The molecule has 0 radical (unpaired) electrons. The fraction of sp³-hybridized carbons (Fsp3) is 0.417. The molecule has 0 aliphatic heterocycles. The van der Waals surface area contributed by atoms with Gasteiger partial charge in [0.1, 0.15) is 5.82 Å². The summed E-state index contributed by atoms with van der Waals surface area (Å²) in [6.45, 7) is 5.66. The van der Waals surface area contributed by atoms with Crippen LogP contribution in [-0.4, -0.2) is 18.0 Å². The van der Waals surface area contributed by atoms with Crippen LogP contribution in [0.2, 0.25) is 0 Å². The van der Waals surface area contributed by atoms with Crippen molar-refractivity contribution in [3.63, 3.8) is 0 Å². The minimum absolute atomic E-state index is 0.0508. The standard InChI is InChI=1S/C12H17FN2O/c1-8-4-5-9(10(13)6-8)11(16)15-7-12(2,3)14/h4-6H,7,14H2,1-3H3,(H,15,16). The van der Waals surface area contributed by atoms with Gasteiger partial charge in [0.05, 0.1) is 5.56 Å². The molecule has 0 aliphatic carbocycles. The Hall–Kier alpha value is -1.42. The van der Waals surface area contributed by atoms with Gasteiger partial charge in [-0.25, -0.2) is 4.39 Å². The summed E-state index contributed by atoms with van der Waals surface area (Å²) < 4.78 is 13.4. The number of benzene rings is 1. The van der Waals surface area contributed by atoms with Crippen molar-refractivity contribution in [2.24, 2.45) is 5.73 Å². The molecule has 0 atom stereocenters. The second-order valence-electron chi connectivity index (χ2n) is 4.65. The van der Waals surface area contributed by atoms with Crippen molar-refractivity contribution in [2.75, 3.05) is 6.54 Å². The number of nitrogens with two attached hydrogens (primary N) is 1. The van der Waals surface area contributed by atoms with Gasteiger partial charge in [0.25, 0.3) is 5.91 Å². The van der Waals surface area contributed by atoms with Crippen molar-refractivity contribution >= 4 is 5.91 Å². The largest absolute Gasteiger partial charge is 0.350 e. The fourth-order valence-corrected chi connectivity index (χ4v) is 1.21. The Bertz CT molecular complexity index is 396. The lowest BCUT2D eigenvalue weighted by Crippen LogP contribution is -2.45. The van der Waals surface area contributed by atoms with Crippen molar-refractivity contribution in [3.05, 3.63) is 35.1 Å². The van der Waals surface area contributed by atoms with E-state index in [1.807, 2.05) is 0 Å².